The van der Waals surface area contributed by atoms with Crippen molar-refractivity contribution < 1.29 is 13.2 Å². The van der Waals surface area contributed by atoms with E-state index in [1.807, 2.05) is 49.1 Å². The van der Waals surface area contributed by atoms with Crippen molar-refractivity contribution in [1.29, 1.82) is 0 Å². The molecule has 0 spiro atoms. The van der Waals surface area contributed by atoms with Crippen LogP contribution in [-0.4, -0.2) is 20.9 Å². The van der Waals surface area contributed by atoms with Gasteiger partial charge in [0.25, 0.3) is 0 Å². The molecular formula is C23H28N2O3S. The molecule has 154 valence electrons. The van der Waals surface area contributed by atoms with Gasteiger partial charge >= 0.3 is 0 Å². The maximum absolute atomic E-state index is 12.9. The second-order valence-electron chi connectivity index (χ2n) is 8.36. The molecule has 2 aliphatic rings. The summed E-state index contributed by atoms with van der Waals surface area (Å²) < 4.78 is 28.2. The summed E-state index contributed by atoms with van der Waals surface area (Å²) in [4.78, 5) is 14.8. The van der Waals surface area contributed by atoms with Gasteiger partial charge in [0, 0.05) is 18.2 Å². The number of fused-ring (bicyclic) bond motifs is 1. The fourth-order valence-electron chi connectivity index (χ4n) is 4.44. The molecule has 2 aromatic carbocycles. The minimum absolute atomic E-state index is 0.0671. The van der Waals surface area contributed by atoms with Crippen molar-refractivity contribution in [2.24, 2.45) is 5.92 Å². The Balaban J connectivity index is 1.53. The molecule has 1 fully saturated rings. The quantitative estimate of drug-likeness (QED) is 0.795. The van der Waals surface area contributed by atoms with E-state index in [9.17, 15) is 13.2 Å². The molecule has 5 nitrogen and oxygen atoms in total. The predicted molar refractivity (Wildman–Crippen MR) is 117 cm³/mol. The molecule has 4 rings (SSSR count). The average Bonchev–Trinajstić information content (AvgIpc) is 3.33. The Kier molecular flexibility index (Phi) is 5.38. The number of carbonyl (C=O) groups is 1. The molecule has 0 radical (unpaired) electrons. The van der Waals surface area contributed by atoms with E-state index in [1.165, 1.54) is 0 Å². The fourth-order valence-corrected chi connectivity index (χ4v) is 5.72. The molecule has 6 heteroatoms. The second kappa shape index (κ2) is 7.82. The monoisotopic (exact) mass is 412 g/mol. The van der Waals surface area contributed by atoms with E-state index in [0.29, 0.717) is 12.2 Å². The van der Waals surface area contributed by atoms with Gasteiger partial charge in [0.05, 0.1) is 11.4 Å². The summed E-state index contributed by atoms with van der Waals surface area (Å²) in [5, 5.41) is 0. The molecule has 29 heavy (non-hydrogen) atoms. The molecule has 0 unspecified atom stereocenters. The molecule has 0 atom stereocenters. The third-order valence-corrected chi connectivity index (χ3v) is 7.31. The van der Waals surface area contributed by atoms with Crippen molar-refractivity contribution in [3.63, 3.8) is 0 Å². The highest BCUT2D eigenvalue weighted by molar-refractivity contribution is 7.91. The summed E-state index contributed by atoms with van der Waals surface area (Å²) in [6.07, 6.45) is 4.99. The number of benzene rings is 2. The lowest BCUT2D eigenvalue weighted by Crippen LogP contribution is -2.33. The highest BCUT2D eigenvalue weighted by atomic mass is 32.2. The lowest BCUT2D eigenvalue weighted by molar-refractivity contribution is -0.122. The van der Waals surface area contributed by atoms with E-state index in [1.54, 1.807) is 6.07 Å². The third-order valence-electron chi connectivity index (χ3n) is 6.07. The summed E-state index contributed by atoms with van der Waals surface area (Å²) in [5.74, 6) is 0.240. The van der Waals surface area contributed by atoms with Gasteiger partial charge < -0.3 is 4.90 Å². The first-order valence-corrected chi connectivity index (χ1v) is 12.0. The van der Waals surface area contributed by atoms with Gasteiger partial charge in [0.15, 0.2) is 0 Å². The van der Waals surface area contributed by atoms with Gasteiger partial charge in [-0.05, 0) is 61.9 Å². The zero-order chi connectivity index (χ0) is 20.6. The van der Waals surface area contributed by atoms with Crippen molar-refractivity contribution in [3.05, 3.63) is 58.7 Å². The zero-order valence-corrected chi connectivity index (χ0v) is 17.9. The summed E-state index contributed by atoms with van der Waals surface area (Å²) in [7, 11) is -3.55. The number of nitrogens with zero attached hydrogens (tertiary/aromatic N) is 1. The predicted octanol–water partition coefficient (Wildman–Crippen LogP) is 4.32. The summed E-state index contributed by atoms with van der Waals surface area (Å²) in [5.41, 5.74) is 5.28. The number of amides is 1. The molecule has 1 aliphatic heterocycles. The first kappa shape index (κ1) is 20.0. The van der Waals surface area contributed by atoms with Gasteiger partial charge in [-0.1, -0.05) is 42.7 Å². The van der Waals surface area contributed by atoms with E-state index in [0.717, 1.165) is 60.0 Å². The number of aryl methyl sites for hydroxylation is 2. The van der Waals surface area contributed by atoms with Crippen molar-refractivity contribution in [3.8, 4) is 0 Å². The lowest BCUT2D eigenvalue weighted by Gasteiger charge is -2.22. The number of nitrogens with one attached hydrogen (secondary N) is 1. The Bertz CT molecular complexity index is 1040. The highest BCUT2D eigenvalue weighted by Gasteiger charge is 2.32. The first-order chi connectivity index (χ1) is 13.8. The van der Waals surface area contributed by atoms with Gasteiger partial charge in [-0.15, -0.1) is 0 Å². The minimum Gasteiger partial charge on any atom is -0.312 e. The summed E-state index contributed by atoms with van der Waals surface area (Å²) in [6.45, 7) is 4.56. The standard InChI is InChI=1S/C23H28N2O3S/c1-16-7-8-17(2)20(13-16)15-29(27,28)24-21-10-9-18-11-12-25(22(18)14-21)23(26)19-5-3-4-6-19/h7-10,13-14,19,24H,3-6,11-12,15H2,1-2H3. The molecule has 1 saturated carbocycles. The van der Waals surface area contributed by atoms with E-state index >= 15 is 0 Å². The topological polar surface area (TPSA) is 66.5 Å². The Labute approximate surface area is 173 Å². The van der Waals surface area contributed by atoms with E-state index < -0.39 is 10.0 Å². The number of carbonyl (C=O) groups excluding carboxylic acids is 1. The van der Waals surface area contributed by atoms with Crippen LogP contribution in [0.15, 0.2) is 36.4 Å². The van der Waals surface area contributed by atoms with Crippen LogP contribution in [0.3, 0.4) is 0 Å². The van der Waals surface area contributed by atoms with Crippen molar-refractivity contribution >= 4 is 27.3 Å². The molecule has 2 aromatic rings. The molecular weight excluding hydrogens is 384 g/mol. The van der Waals surface area contributed by atoms with Crippen LogP contribution in [-0.2, 0) is 27.0 Å². The van der Waals surface area contributed by atoms with E-state index in [-0.39, 0.29) is 17.6 Å². The van der Waals surface area contributed by atoms with Crippen LogP contribution in [0.5, 0.6) is 0 Å². The number of hydrogen-bond acceptors (Lipinski definition) is 3. The Morgan fingerprint density at radius 1 is 1.10 bits per heavy atom. The molecule has 1 heterocycles. The molecule has 0 saturated heterocycles. The van der Waals surface area contributed by atoms with Crippen LogP contribution >= 0.6 is 0 Å². The maximum atomic E-state index is 12.9. The van der Waals surface area contributed by atoms with Gasteiger partial charge in [0.1, 0.15) is 0 Å². The Morgan fingerprint density at radius 3 is 2.62 bits per heavy atom. The SMILES string of the molecule is Cc1ccc(C)c(CS(=O)(=O)Nc2ccc3c(c2)N(C(=O)C2CCCC2)CC3)c1. The number of anilines is 2. The normalized spacial score (nSPS) is 16.8. The maximum Gasteiger partial charge on any atom is 0.236 e. The van der Waals surface area contributed by atoms with Gasteiger partial charge in [0.2, 0.25) is 15.9 Å². The van der Waals surface area contributed by atoms with Gasteiger partial charge in [-0.3, -0.25) is 9.52 Å². The van der Waals surface area contributed by atoms with Crippen LogP contribution in [0.2, 0.25) is 0 Å². The third kappa shape index (κ3) is 4.32. The van der Waals surface area contributed by atoms with Crippen LogP contribution in [0.25, 0.3) is 0 Å². The molecule has 1 aliphatic carbocycles. The number of rotatable bonds is 5. The van der Waals surface area contributed by atoms with Crippen LogP contribution < -0.4 is 9.62 Å². The van der Waals surface area contributed by atoms with Crippen molar-refractivity contribution in [1.82, 2.24) is 0 Å². The Morgan fingerprint density at radius 2 is 1.86 bits per heavy atom. The first-order valence-electron chi connectivity index (χ1n) is 10.3. The van der Waals surface area contributed by atoms with Crippen molar-refractivity contribution in [2.75, 3.05) is 16.2 Å². The smallest absolute Gasteiger partial charge is 0.236 e. The van der Waals surface area contributed by atoms with Crippen LogP contribution in [0, 0.1) is 19.8 Å². The van der Waals surface area contributed by atoms with Gasteiger partial charge in [-0.2, -0.15) is 0 Å². The highest BCUT2D eigenvalue weighted by Crippen LogP contribution is 2.35. The molecule has 1 N–H and O–H groups in total. The number of sulfonamides is 1. The molecule has 0 aromatic heterocycles. The lowest BCUT2D eigenvalue weighted by atomic mass is 10.1. The molecule has 1 amide bonds. The second-order valence-corrected chi connectivity index (χ2v) is 10.1. The average molecular weight is 413 g/mol. The molecule has 0 bridgehead atoms. The van der Waals surface area contributed by atoms with Gasteiger partial charge in [-0.25, -0.2) is 8.42 Å². The van der Waals surface area contributed by atoms with Crippen molar-refractivity contribution in [2.45, 2.75) is 51.7 Å². The van der Waals surface area contributed by atoms with Crippen LogP contribution in [0.4, 0.5) is 11.4 Å². The zero-order valence-electron chi connectivity index (χ0n) is 17.1. The fraction of sp³-hybridized carbons (Fsp3) is 0.435. The largest absolute Gasteiger partial charge is 0.312 e. The minimum atomic E-state index is -3.55. The Hall–Kier alpha value is -2.34. The van der Waals surface area contributed by atoms with Crippen LogP contribution in [0.1, 0.15) is 47.9 Å². The van der Waals surface area contributed by atoms with E-state index in [4.69, 9.17) is 0 Å². The van der Waals surface area contributed by atoms with E-state index in [2.05, 4.69) is 4.72 Å². The summed E-state index contributed by atoms with van der Waals surface area (Å²) in [6, 6.07) is 11.4. The number of hydrogen-bond donors (Lipinski definition) is 1. The summed E-state index contributed by atoms with van der Waals surface area (Å²) >= 11 is 0.